The molecule has 4 aromatic rings. The third kappa shape index (κ3) is 5.46. The Balaban J connectivity index is 1.36. The predicted molar refractivity (Wildman–Crippen MR) is 124 cm³/mol. The van der Waals surface area contributed by atoms with E-state index in [0.717, 1.165) is 18.4 Å². The molecule has 1 unspecified atom stereocenters. The van der Waals surface area contributed by atoms with Crippen molar-refractivity contribution in [2.75, 3.05) is 0 Å². The second-order valence-corrected chi connectivity index (χ2v) is 8.16. The summed E-state index contributed by atoms with van der Waals surface area (Å²) in [4.78, 5) is 0. The molecular weight excluding hydrogens is 386 g/mol. The molecule has 0 aromatic heterocycles. The Morgan fingerprint density at radius 1 is 0.581 bits per heavy atom. The average molecular weight is 413 g/mol. The van der Waals surface area contributed by atoms with E-state index in [1.165, 1.54) is 39.9 Å². The lowest BCUT2D eigenvalue weighted by molar-refractivity contribution is 0.507. The molecule has 0 heterocycles. The van der Waals surface area contributed by atoms with Crippen LogP contribution >= 0.6 is 0 Å². The maximum absolute atomic E-state index is 13.4. The van der Waals surface area contributed by atoms with Gasteiger partial charge in [-0.2, -0.15) is 0 Å². The van der Waals surface area contributed by atoms with Crippen molar-refractivity contribution < 1.29 is 8.78 Å². The van der Waals surface area contributed by atoms with Crippen molar-refractivity contribution in [1.82, 2.24) is 0 Å². The van der Waals surface area contributed by atoms with E-state index in [2.05, 4.69) is 85.8 Å². The third-order valence-corrected chi connectivity index (χ3v) is 5.84. The zero-order valence-corrected chi connectivity index (χ0v) is 17.7. The van der Waals surface area contributed by atoms with Crippen LogP contribution in [0.25, 0.3) is 11.1 Å². The first kappa shape index (κ1) is 21.0. The fourth-order valence-electron chi connectivity index (χ4n) is 3.93. The van der Waals surface area contributed by atoms with Gasteiger partial charge in [-0.15, -0.1) is 0 Å². The second-order valence-electron chi connectivity index (χ2n) is 8.16. The van der Waals surface area contributed by atoms with Crippen LogP contribution in [-0.2, 0) is 19.3 Å². The molecule has 1 atom stereocenters. The van der Waals surface area contributed by atoms with Crippen molar-refractivity contribution in [3.05, 3.63) is 131 Å². The Morgan fingerprint density at radius 2 is 1.13 bits per heavy atom. The van der Waals surface area contributed by atoms with Crippen LogP contribution in [0.1, 0.15) is 35.1 Å². The van der Waals surface area contributed by atoms with Crippen LogP contribution < -0.4 is 0 Å². The van der Waals surface area contributed by atoms with Gasteiger partial charge in [0.2, 0.25) is 0 Å². The highest BCUT2D eigenvalue weighted by Gasteiger charge is 2.07. The summed E-state index contributed by atoms with van der Waals surface area (Å²) in [7, 11) is 0. The molecule has 0 aliphatic carbocycles. The van der Waals surface area contributed by atoms with E-state index in [1.807, 2.05) is 0 Å². The predicted octanol–water partition coefficient (Wildman–Crippen LogP) is 7.76. The lowest BCUT2D eigenvalue weighted by Crippen LogP contribution is -1.98. The second kappa shape index (κ2) is 9.70. The van der Waals surface area contributed by atoms with Gasteiger partial charge in [-0.1, -0.05) is 91.9 Å². The van der Waals surface area contributed by atoms with Crippen LogP contribution in [0, 0.1) is 11.6 Å². The van der Waals surface area contributed by atoms with Crippen LogP contribution in [0.4, 0.5) is 8.78 Å². The molecule has 0 nitrogen and oxygen atoms in total. The van der Waals surface area contributed by atoms with E-state index in [-0.39, 0.29) is 0 Å². The first-order valence-corrected chi connectivity index (χ1v) is 10.8. The fraction of sp³-hybridized carbons (Fsp3) is 0.172. The van der Waals surface area contributed by atoms with E-state index < -0.39 is 11.6 Å². The Labute approximate surface area is 183 Å². The average Bonchev–Trinajstić information content (AvgIpc) is 2.81. The van der Waals surface area contributed by atoms with Crippen molar-refractivity contribution in [1.29, 1.82) is 0 Å². The van der Waals surface area contributed by atoms with Crippen LogP contribution in [0.2, 0.25) is 0 Å². The molecule has 0 spiro atoms. The summed E-state index contributed by atoms with van der Waals surface area (Å²) in [6.07, 6.45) is 2.50. The Bertz CT molecular complexity index is 1110. The summed E-state index contributed by atoms with van der Waals surface area (Å²) in [5.41, 5.74) is 7.07. The monoisotopic (exact) mass is 412 g/mol. The van der Waals surface area contributed by atoms with Gasteiger partial charge in [-0.05, 0) is 70.7 Å². The Morgan fingerprint density at radius 3 is 1.74 bits per heavy atom. The van der Waals surface area contributed by atoms with Gasteiger partial charge in [0.15, 0.2) is 11.6 Å². The number of hydrogen-bond donors (Lipinski definition) is 0. The highest BCUT2D eigenvalue weighted by molar-refractivity contribution is 5.64. The Hall–Kier alpha value is -3.26. The van der Waals surface area contributed by atoms with Gasteiger partial charge in [-0.3, -0.25) is 0 Å². The minimum absolute atomic E-state index is 0.487. The van der Waals surface area contributed by atoms with E-state index in [4.69, 9.17) is 0 Å². The zero-order chi connectivity index (χ0) is 21.6. The fourth-order valence-corrected chi connectivity index (χ4v) is 3.93. The van der Waals surface area contributed by atoms with Crippen molar-refractivity contribution in [3.8, 4) is 11.1 Å². The molecule has 4 aromatic carbocycles. The van der Waals surface area contributed by atoms with Gasteiger partial charge in [0.25, 0.3) is 0 Å². The van der Waals surface area contributed by atoms with Gasteiger partial charge in [0.1, 0.15) is 0 Å². The first-order chi connectivity index (χ1) is 15.1. The summed E-state index contributed by atoms with van der Waals surface area (Å²) >= 11 is 0. The Kier molecular flexibility index (Phi) is 6.57. The topological polar surface area (TPSA) is 0 Å². The SMILES string of the molecule is CC(Cc1ccc(-c2ccc(CCc3ccc(F)c(F)c3)cc2)cc1)c1ccccc1. The summed E-state index contributed by atoms with van der Waals surface area (Å²) in [6.45, 7) is 2.27. The molecule has 0 saturated heterocycles. The summed E-state index contributed by atoms with van der Waals surface area (Å²) in [5, 5.41) is 0. The maximum Gasteiger partial charge on any atom is 0.159 e. The molecule has 0 fully saturated rings. The molecule has 156 valence electrons. The van der Waals surface area contributed by atoms with Gasteiger partial charge in [0.05, 0.1) is 0 Å². The van der Waals surface area contributed by atoms with Crippen LogP contribution in [0.3, 0.4) is 0 Å². The van der Waals surface area contributed by atoms with E-state index in [9.17, 15) is 8.78 Å². The highest BCUT2D eigenvalue weighted by Crippen LogP contribution is 2.24. The number of hydrogen-bond acceptors (Lipinski definition) is 0. The van der Waals surface area contributed by atoms with Crippen LogP contribution in [-0.4, -0.2) is 0 Å². The molecule has 4 rings (SSSR count). The molecule has 0 radical (unpaired) electrons. The van der Waals surface area contributed by atoms with Crippen molar-refractivity contribution in [2.45, 2.75) is 32.1 Å². The summed E-state index contributed by atoms with van der Waals surface area (Å²) in [5.74, 6) is -1.09. The molecule has 2 heteroatoms. The zero-order valence-electron chi connectivity index (χ0n) is 17.7. The van der Waals surface area contributed by atoms with Crippen molar-refractivity contribution in [3.63, 3.8) is 0 Å². The largest absolute Gasteiger partial charge is 0.204 e. The lowest BCUT2D eigenvalue weighted by Gasteiger charge is -2.12. The van der Waals surface area contributed by atoms with E-state index >= 15 is 0 Å². The molecule has 0 aliphatic rings. The first-order valence-electron chi connectivity index (χ1n) is 10.8. The van der Waals surface area contributed by atoms with Gasteiger partial charge >= 0.3 is 0 Å². The maximum atomic E-state index is 13.4. The highest BCUT2D eigenvalue weighted by atomic mass is 19.2. The molecule has 0 bridgehead atoms. The molecule has 31 heavy (non-hydrogen) atoms. The number of halogens is 2. The quantitative estimate of drug-likeness (QED) is 0.291. The minimum Gasteiger partial charge on any atom is -0.204 e. The van der Waals surface area contributed by atoms with E-state index in [1.54, 1.807) is 6.07 Å². The third-order valence-electron chi connectivity index (χ3n) is 5.84. The van der Waals surface area contributed by atoms with Crippen molar-refractivity contribution >= 4 is 0 Å². The summed E-state index contributed by atoms with van der Waals surface area (Å²) in [6, 6.07) is 32.0. The normalized spacial score (nSPS) is 12.0. The molecule has 0 N–H and O–H groups in total. The number of aryl methyl sites for hydroxylation is 2. The van der Waals surface area contributed by atoms with E-state index in [0.29, 0.717) is 12.3 Å². The van der Waals surface area contributed by atoms with Gasteiger partial charge in [-0.25, -0.2) is 8.78 Å². The minimum atomic E-state index is -0.798. The summed E-state index contributed by atoms with van der Waals surface area (Å²) < 4.78 is 26.4. The van der Waals surface area contributed by atoms with Crippen LogP contribution in [0.5, 0.6) is 0 Å². The molecule has 0 saturated carbocycles. The molecule has 0 aliphatic heterocycles. The standard InChI is InChI=1S/C29H26F2/c1-21(25-5-3-2-4-6-25)19-23-11-16-27(17-12-23)26-14-9-22(10-15-26)7-8-24-13-18-28(30)29(31)20-24/h2-6,9-18,20-21H,7-8,19H2,1H3. The van der Waals surface area contributed by atoms with Crippen molar-refractivity contribution in [2.24, 2.45) is 0 Å². The van der Waals surface area contributed by atoms with Gasteiger partial charge in [0, 0.05) is 0 Å². The smallest absolute Gasteiger partial charge is 0.159 e. The molecular formula is C29H26F2. The number of benzene rings is 4. The number of rotatable bonds is 7. The molecule has 0 amide bonds. The lowest BCUT2D eigenvalue weighted by atomic mass is 9.93. The van der Waals surface area contributed by atoms with Crippen LogP contribution in [0.15, 0.2) is 97.1 Å². The van der Waals surface area contributed by atoms with Gasteiger partial charge < -0.3 is 0 Å².